The van der Waals surface area contributed by atoms with Crippen LogP contribution in [0.4, 0.5) is 5.69 Å². The molecule has 110 valence electrons. The zero-order chi connectivity index (χ0) is 15.2. The minimum atomic E-state index is -0.362. The van der Waals surface area contributed by atoms with Crippen molar-refractivity contribution >= 4 is 11.6 Å². The lowest BCUT2D eigenvalue weighted by Crippen LogP contribution is -2.44. The lowest BCUT2D eigenvalue weighted by atomic mass is 10.2. The summed E-state index contributed by atoms with van der Waals surface area (Å²) >= 11 is 0. The molecule has 1 amide bonds. The Kier molecular flexibility index (Phi) is 4.77. The third-order valence-electron chi connectivity index (χ3n) is 3.44. The zero-order valence-electron chi connectivity index (χ0n) is 12.2. The topological polar surface area (TPSA) is 59.3 Å². The molecule has 0 aliphatic carbocycles. The van der Waals surface area contributed by atoms with E-state index in [1.54, 1.807) is 12.1 Å². The Morgan fingerprint density at radius 1 is 1.24 bits per heavy atom. The van der Waals surface area contributed by atoms with Crippen LogP contribution in [0.5, 0.6) is 0 Å². The van der Waals surface area contributed by atoms with E-state index in [-0.39, 0.29) is 17.6 Å². The molecule has 1 unspecified atom stereocenters. The van der Waals surface area contributed by atoms with Gasteiger partial charge in [0, 0.05) is 37.5 Å². The Labute approximate surface area is 124 Å². The van der Waals surface area contributed by atoms with Crippen molar-refractivity contribution in [3.05, 3.63) is 65.6 Å². The highest BCUT2D eigenvalue weighted by Gasteiger charge is 2.17. The average Bonchev–Trinajstić information content (AvgIpc) is 2.52. The molecule has 1 N–H and O–H groups in total. The van der Waals surface area contributed by atoms with Crippen LogP contribution in [-0.2, 0) is 0 Å². The number of likely N-dealkylation sites (N-methyl/N-ethyl adjacent to an activating group) is 1. The van der Waals surface area contributed by atoms with E-state index in [1.807, 2.05) is 44.3 Å². The van der Waals surface area contributed by atoms with Gasteiger partial charge in [0.2, 0.25) is 0 Å². The van der Waals surface area contributed by atoms with Crippen LogP contribution in [0.15, 0.2) is 54.7 Å². The van der Waals surface area contributed by atoms with Crippen molar-refractivity contribution in [1.29, 1.82) is 0 Å². The zero-order valence-corrected chi connectivity index (χ0v) is 12.2. The van der Waals surface area contributed by atoms with E-state index < -0.39 is 0 Å². The van der Waals surface area contributed by atoms with Crippen LogP contribution in [0.25, 0.3) is 0 Å². The molecule has 5 heteroatoms. The van der Waals surface area contributed by atoms with Gasteiger partial charge in [0.25, 0.3) is 5.69 Å². The number of hydrogen-bond donors (Lipinski definition) is 1. The van der Waals surface area contributed by atoms with Gasteiger partial charge in [-0.15, -0.1) is 0 Å². The first-order chi connectivity index (χ1) is 10.1. The molecule has 0 saturated heterocycles. The van der Waals surface area contributed by atoms with Crippen molar-refractivity contribution in [2.45, 2.75) is 13.0 Å². The SMILES string of the molecule is CC(CNC(=O)c1cccc[n+]1[O-])N(C)c1ccccc1. The Morgan fingerprint density at radius 3 is 2.57 bits per heavy atom. The third-order valence-corrected chi connectivity index (χ3v) is 3.44. The molecule has 0 fully saturated rings. The van der Waals surface area contributed by atoms with E-state index in [1.165, 1.54) is 12.3 Å². The van der Waals surface area contributed by atoms with Gasteiger partial charge in [-0.25, -0.2) is 0 Å². The number of rotatable bonds is 5. The Morgan fingerprint density at radius 2 is 1.90 bits per heavy atom. The number of para-hydroxylation sites is 1. The number of aromatic nitrogens is 1. The summed E-state index contributed by atoms with van der Waals surface area (Å²) in [6.07, 6.45) is 1.31. The van der Waals surface area contributed by atoms with E-state index in [0.717, 1.165) is 5.69 Å². The summed E-state index contributed by atoms with van der Waals surface area (Å²) in [5.74, 6) is -0.362. The smallest absolute Gasteiger partial charge is 0.317 e. The number of pyridine rings is 1. The van der Waals surface area contributed by atoms with E-state index in [4.69, 9.17) is 0 Å². The van der Waals surface area contributed by atoms with Gasteiger partial charge in [0.1, 0.15) is 0 Å². The number of amides is 1. The molecule has 1 heterocycles. The van der Waals surface area contributed by atoms with Crippen LogP contribution in [-0.4, -0.2) is 25.5 Å². The van der Waals surface area contributed by atoms with Gasteiger partial charge < -0.3 is 15.4 Å². The van der Waals surface area contributed by atoms with Crippen molar-refractivity contribution in [2.24, 2.45) is 0 Å². The summed E-state index contributed by atoms with van der Waals surface area (Å²) in [5, 5.41) is 14.3. The first-order valence-corrected chi connectivity index (χ1v) is 6.84. The van der Waals surface area contributed by atoms with Crippen LogP contribution < -0.4 is 14.9 Å². The highest BCUT2D eigenvalue weighted by atomic mass is 16.5. The quantitative estimate of drug-likeness (QED) is 0.670. The van der Waals surface area contributed by atoms with Crippen LogP contribution >= 0.6 is 0 Å². The monoisotopic (exact) mass is 285 g/mol. The average molecular weight is 285 g/mol. The van der Waals surface area contributed by atoms with E-state index in [0.29, 0.717) is 11.3 Å². The van der Waals surface area contributed by atoms with Crippen molar-refractivity contribution in [2.75, 3.05) is 18.5 Å². The number of nitrogens with zero attached hydrogens (tertiary/aromatic N) is 2. The molecule has 0 spiro atoms. The second-order valence-electron chi connectivity index (χ2n) is 4.92. The second kappa shape index (κ2) is 6.74. The number of benzene rings is 1. The van der Waals surface area contributed by atoms with Gasteiger partial charge in [0.15, 0.2) is 6.20 Å². The van der Waals surface area contributed by atoms with Crippen molar-refractivity contribution < 1.29 is 9.52 Å². The highest BCUT2D eigenvalue weighted by Crippen LogP contribution is 2.13. The van der Waals surface area contributed by atoms with Gasteiger partial charge in [-0.3, -0.25) is 4.79 Å². The summed E-state index contributed by atoms with van der Waals surface area (Å²) in [7, 11) is 1.97. The fourth-order valence-corrected chi connectivity index (χ4v) is 1.99. The number of nitrogens with one attached hydrogen (secondary N) is 1. The third kappa shape index (κ3) is 3.72. The lowest BCUT2D eigenvalue weighted by molar-refractivity contribution is -0.607. The van der Waals surface area contributed by atoms with Gasteiger partial charge in [-0.05, 0) is 25.1 Å². The molecule has 2 rings (SSSR count). The molecule has 21 heavy (non-hydrogen) atoms. The number of anilines is 1. The summed E-state index contributed by atoms with van der Waals surface area (Å²) in [4.78, 5) is 14.1. The van der Waals surface area contributed by atoms with E-state index in [2.05, 4.69) is 10.2 Å². The first kappa shape index (κ1) is 14.8. The normalized spacial score (nSPS) is 11.7. The largest absolute Gasteiger partial charge is 0.618 e. The molecule has 0 aliphatic rings. The summed E-state index contributed by atoms with van der Waals surface area (Å²) in [6.45, 7) is 2.47. The van der Waals surface area contributed by atoms with Gasteiger partial charge in [-0.1, -0.05) is 18.2 Å². The Hall–Kier alpha value is -2.56. The molecule has 2 aromatic rings. The molecule has 1 aromatic heterocycles. The maximum Gasteiger partial charge on any atom is 0.317 e. The van der Waals surface area contributed by atoms with Gasteiger partial charge in [-0.2, -0.15) is 4.73 Å². The Bertz CT molecular complexity index is 601. The molecule has 5 nitrogen and oxygen atoms in total. The predicted octanol–water partition coefficient (Wildman–Crippen LogP) is 1.57. The second-order valence-corrected chi connectivity index (χ2v) is 4.92. The molecular weight excluding hydrogens is 266 g/mol. The van der Waals surface area contributed by atoms with Crippen LogP contribution in [0, 0.1) is 5.21 Å². The first-order valence-electron chi connectivity index (χ1n) is 6.84. The minimum absolute atomic E-state index is 0.104. The maximum atomic E-state index is 12.0. The van der Waals surface area contributed by atoms with E-state index in [9.17, 15) is 10.0 Å². The van der Waals surface area contributed by atoms with Gasteiger partial charge in [0.05, 0.1) is 0 Å². The highest BCUT2D eigenvalue weighted by molar-refractivity contribution is 5.90. The molecule has 0 aliphatic heterocycles. The predicted molar refractivity (Wildman–Crippen MR) is 82.0 cm³/mol. The number of carbonyl (C=O) groups is 1. The standard InChI is InChI=1S/C16H19N3O2/c1-13(18(2)14-8-4-3-5-9-14)12-17-16(20)15-10-6-7-11-19(15)21/h3-11,13H,12H2,1-2H3,(H,17,20). The van der Waals surface area contributed by atoms with Crippen LogP contribution in [0.3, 0.4) is 0 Å². The number of carbonyl (C=O) groups excluding carboxylic acids is 1. The number of hydrogen-bond acceptors (Lipinski definition) is 3. The van der Waals surface area contributed by atoms with E-state index >= 15 is 0 Å². The molecular formula is C16H19N3O2. The van der Waals surface area contributed by atoms with Crippen molar-refractivity contribution in [1.82, 2.24) is 5.32 Å². The molecule has 1 aromatic carbocycles. The summed E-state index contributed by atoms with van der Waals surface area (Å²) in [5.41, 5.74) is 1.19. The lowest BCUT2D eigenvalue weighted by Gasteiger charge is -2.27. The molecule has 0 radical (unpaired) electrons. The summed E-state index contributed by atoms with van der Waals surface area (Å²) in [6, 6.07) is 14.8. The molecule has 1 atom stereocenters. The van der Waals surface area contributed by atoms with Gasteiger partial charge >= 0.3 is 5.91 Å². The van der Waals surface area contributed by atoms with Crippen LogP contribution in [0.2, 0.25) is 0 Å². The van der Waals surface area contributed by atoms with Crippen molar-refractivity contribution in [3.8, 4) is 0 Å². The van der Waals surface area contributed by atoms with Crippen LogP contribution in [0.1, 0.15) is 17.4 Å². The fourth-order valence-electron chi connectivity index (χ4n) is 1.99. The summed E-state index contributed by atoms with van der Waals surface area (Å²) < 4.78 is 0.570. The molecule has 0 bridgehead atoms. The minimum Gasteiger partial charge on any atom is -0.618 e. The fraction of sp³-hybridized carbons (Fsp3) is 0.250. The maximum absolute atomic E-state index is 12.0. The Balaban J connectivity index is 1.94. The van der Waals surface area contributed by atoms with Crippen molar-refractivity contribution in [3.63, 3.8) is 0 Å². The molecule has 0 saturated carbocycles.